The molecule has 1 atom stereocenters. The fraction of sp³-hybridized carbons (Fsp3) is 0.240. The number of hydrogen-bond acceptors (Lipinski definition) is 6. The van der Waals surface area contributed by atoms with Gasteiger partial charge in [0.1, 0.15) is 0 Å². The van der Waals surface area contributed by atoms with Crippen molar-refractivity contribution in [1.29, 1.82) is 0 Å². The minimum atomic E-state index is -0.440. The third kappa shape index (κ3) is 4.50. The molecule has 0 saturated carbocycles. The van der Waals surface area contributed by atoms with Gasteiger partial charge in [0, 0.05) is 30.1 Å². The van der Waals surface area contributed by atoms with E-state index in [0.717, 1.165) is 16.7 Å². The van der Waals surface area contributed by atoms with Crippen LogP contribution < -0.4 is 20.1 Å². The first-order chi connectivity index (χ1) is 16.4. The number of pyridine rings is 1. The molecule has 1 aliphatic rings. The average Bonchev–Trinajstić information content (AvgIpc) is 3.00. The molecule has 176 valence electrons. The first kappa shape index (κ1) is 23.0. The van der Waals surface area contributed by atoms with Crippen LogP contribution in [0.15, 0.2) is 59.8 Å². The van der Waals surface area contributed by atoms with Crippen molar-refractivity contribution in [3.63, 3.8) is 0 Å². The Morgan fingerprint density at radius 2 is 1.82 bits per heavy atom. The number of halogens is 1. The number of rotatable bonds is 5. The Balaban J connectivity index is 1.78. The number of hydrazone groups is 1. The number of aromatic nitrogens is 1. The van der Waals surface area contributed by atoms with Crippen molar-refractivity contribution in [2.24, 2.45) is 5.10 Å². The number of anilines is 2. The number of fused-ring (bicyclic) bond motifs is 1. The predicted octanol–water partition coefficient (Wildman–Crippen LogP) is 4.32. The zero-order chi connectivity index (χ0) is 24.2. The van der Waals surface area contributed by atoms with E-state index in [4.69, 9.17) is 14.6 Å². The molecule has 3 aromatic rings. The topological polar surface area (TPSA) is 88.1 Å². The summed E-state index contributed by atoms with van der Waals surface area (Å²) in [4.78, 5) is 16.6. The van der Waals surface area contributed by atoms with Gasteiger partial charge < -0.3 is 20.1 Å². The van der Waals surface area contributed by atoms with E-state index in [-0.39, 0.29) is 17.9 Å². The van der Waals surface area contributed by atoms with Crippen molar-refractivity contribution < 1.29 is 18.7 Å². The molecule has 4 rings (SSSR count). The van der Waals surface area contributed by atoms with Crippen molar-refractivity contribution in [1.82, 2.24) is 15.3 Å². The number of ether oxygens (including phenoxy) is 2. The smallest absolute Gasteiger partial charge is 0.337 e. The zero-order valence-electron chi connectivity index (χ0n) is 19.4. The van der Waals surface area contributed by atoms with Gasteiger partial charge in [-0.3, -0.25) is 0 Å². The fourth-order valence-corrected chi connectivity index (χ4v) is 3.87. The van der Waals surface area contributed by atoms with Gasteiger partial charge in [0.05, 0.1) is 26.0 Å². The molecular formula is C25H26FN5O3. The van der Waals surface area contributed by atoms with E-state index in [2.05, 4.69) is 15.6 Å². The van der Waals surface area contributed by atoms with Gasteiger partial charge in [0.25, 0.3) is 0 Å². The molecule has 2 aromatic carbocycles. The molecule has 2 N–H and O–H groups in total. The number of hydrogen-bond donors (Lipinski definition) is 2. The zero-order valence-corrected chi connectivity index (χ0v) is 19.4. The van der Waals surface area contributed by atoms with E-state index in [1.54, 1.807) is 21.3 Å². The standard InChI is InChI=1S/C25H26FN5O3/c1-15-12-17-13-21(33-3)22(34-4)14-19(17)23(30-31(15)25(32)27-2)16-7-9-18(10-8-16)29-24-20(26)6-5-11-28-24/h5-11,13-15H,12H2,1-4H3,(H,27,32)(H,28,29)/t15-/m0/s1. The molecule has 1 aliphatic heterocycles. The van der Waals surface area contributed by atoms with Crippen LogP contribution in [0.4, 0.5) is 20.7 Å². The lowest BCUT2D eigenvalue weighted by Gasteiger charge is -2.22. The van der Waals surface area contributed by atoms with E-state index in [0.29, 0.717) is 29.3 Å². The first-order valence-electron chi connectivity index (χ1n) is 10.8. The Morgan fingerprint density at radius 1 is 1.12 bits per heavy atom. The second kappa shape index (κ2) is 9.78. The number of methoxy groups -OCH3 is 2. The summed E-state index contributed by atoms with van der Waals surface area (Å²) in [6.45, 7) is 1.94. The monoisotopic (exact) mass is 463 g/mol. The van der Waals surface area contributed by atoms with Crippen LogP contribution in [0.5, 0.6) is 11.5 Å². The quantitative estimate of drug-likeness (QED) is 0.588. The van der Waals surface area contributed by atoms with E-state index in [9.17, 15) is 9.18 Å². The van der Waals surface area contributed by atoms with Crippen molar-refractivity contribution >= 4 is 23.2 Å². The lowest BCUT2D eigenvalue weighted by atomic mass is 9.94. The molecule has 2 amide bonds. The van der Waals surface area contributed by atoms with Crippen LogP contribution in [0.25, 0.3) is 0 Å². The normalized spacial score (nSPS) is 15.0. The number of carbonyl (C=O) groups is 1. The van der Waals surface area contributed by atoms with E-state index < -0.39 is 5.82 Å². The van der Waals surface area contributed by atoms with Crippen LogP contribution in [0.2, 0.25) is 0 Å². The lowest BCUT2D eigenvalue weighted by molar-refractivity contribution is 0.184. The summed E-state index contributed by atoms with van der Waals surface area (Å²) >= 11 is 0. The van der Waals surface area contributed by atoms with Crippen molar-refractivity contribution in [3.8, 4) is 11.5 Å². The molecule has 0 spiro atoms. The van der Waals surface area contributed by atoms with Crippen molar-refractivity contribution in [3.05, 3.63) is 77.2 Å². The summed E-state index contributed by atoms with van der Waals surface area (Å²) in [5, 5.41) is 11.8. The maximum atomic E-state index is 14.0. The average molecular weight is 464 g/mol. The maximum Gasteiger partial charge on any atom is 0.337 e. The fourth-order valence-electron chi connectivity index (χ4n) is 3.87. The highest BCUT2D eigenvalue weighted by Crippen LogP contribution is 2.34. The van der Waals surface area contributed by atoms with Crippen LogP contribution >= 0.6 is 0 Å². The Morgan fingerprint density at radius 3 is 2.47 bits per heavy atom. The van der Waals surface area contributed by atoms with Crippen LogP contribution in [0, 0.1) is 5.82 Å². The third-order valence-corrected chi connectivity index (χ3v) is 5.61. The molecular weight excluding hydrogens is 437 g/mol. The van der Waals surface area contributed by atoms with Crippen molar-refractivity contribution in [2.45, 2.75) is 19.4 Å². The first-order valence-corrected chi connectivity index (χ1v) is 10.8. The lowest BCUT2D eigenvalue weighted by Crippen LogP contribution is -2.41. The Hall–Kier alpha value is -4.14. The molecule has 0 bridgehead atoms. The summed E-state index contributed by atoms with van der Waals surface area (Å²) in [6.07, 6.45) is 2.10. The highest BCUT2D eigenvalue weighted by Gasteiger charge is 2.28. The summed E-state index contributed by atoms with van der Waals surface area (Å²) in [6, 6.07) is 13.5. The largest absolute Gasteiger partial charge is 0.493 e. The van der Waals surface area contributed by atoms with Gasteiger partial charge >= 0.3 is 6.03 Å². The number of amides is 2. The van der Waals surface area contributed by atoms with E-state index >= 15 is 0 Å². The van der Waals surface area contributed by atoms with Gasteiger partial charge in [-0.2, -0.15) is 5.10 Å². The van der Waals surface area contributed by atoms with E-state index in [1.807, 2.05) is 43.3 Å². The predicted molar refractivity (Wildman–Crippen MR) is 129 cm³/mol. The highest BCUT2D eigenvalue weighted by molar-refractivity contribution is 6.14. The molecule has 0 aliphatic carbocycles. The summed E-state index contributed by atoms with van der Waals surface area (Å²) in [5.74, 6) is 0.880. The van der Waals surface area contributed by atoms with Crippen LogP contribution in [0.3, 0.4) is 0 Å². The van der Waals surface area contributed by atoms with Crippen LogP contribution in [-0.2, 0) is 6.42 Å². The molecule has 2 heterocycles. The Kier molecular flexibility index (Phi) is 6.62. The number of nitrogens with zero attached hydrogens (tertiary/aromatic N) is 3. The SMILES string of the molecule is CNC(=O)N1N=C(c2ccc(Nc3ncccc3F)cc2)c2cc(OC)c(OC)cc2C[C@@H]1C. The molecule has 0 radical (unpaired) electrons. The summed E-state index contributed by atoms with van der Waals surface area (Å²) in [7, 11) is 4.74. The van der Waals surface area contributed by atoms with Gasteiger partial charge in [0.2, 0.25) is 0 Å². The Bertz CT molecular complexity index is 1230. The van der Waals surface area contributed by atoms with Gasteiger partial charge in [-0.1, -0.05) is 12.1 Å². The van der Waals surface area contributed by atoms with Gasteiger partial charge in [0.15, 0.2) is 23.1 Å². The number of urea groups is 1. The maximum absolute atomic E-state index is 14.0. The minimum absolute atomic E-state index is 0.142. The molecule has 34 heavy (non-hydrogen) atoms. The third-order valence-electron chi connectivity index (χ3n) is 5.61. The molecule has 0 saturated heterocycles. The van der Waals surface area contributed by atoms with Gasteiger partial charge in [-0.15, -0.1) is 0 Å². The molecule has 1 aromatic heterocycles. The minimum Gasteiger partial charge on any atom is -0.493 e. The second-order valence-electron chi connectivity index (χ2n) is 7.80. The molecule has 9 heteroatoms. The second-order valence-corrected chi connectivity index (χ2v) is 7.80. The molecule has 8 nitrogen and oxygen atoms in total. The molecule has 0 unspecified atom stereocenters. The Labute approximate surface area is 197 Å². The number of nitrogens with one attached hydrogen (secondary N) is 2. The summed E-state index contributed by atoms with van der Waals surface area (Å²) < 4.78 is 25.0. The molecule has 0 fully saturated rings. The highest BCUT2D eigenvalue weighted by atomic mass is 19.1. The number of carbonyl (C=O) groups excluding carboxylic acids is 1. The van der Waals surface area contributed by atoms with Gasteiger partial charge in [-0.05, 0) is 55.3 Å². The van der Waals surface area contributed by atoms with E-state index in [1.165, 1.54) is 23.3 Å². The van der Waals surface area contributed by atoms with Crippen LogP contribution in [0.1, 0.15) is 23.6 Å². The number of benzene rings is 2. The van der Waals surface area contributed by atoms with Crippen LogP contribution in [-0.4, -0.2) is 49.0 Å². The summed E-state index contributed by atoms with van der Waals surface area (Å²) in [5.41, 5.74) is 3.88. The van der Waals surface area contributed by atoms with Gasteiger partial charge in [-0.25, -0.2) is 19.2 Å². The van der Waals surface area contributed by atoms with Crippen molar-refractivity contribution in [2.75, 3.05) is 26.6 Å².